The predicted molar refractivity (Wildman–Crippen MR) is 102 cm³/mol. The molecule has 0 spiro atoms. The van der Waals surface area contributed by atoms with E-state index in [1.54, 1.807) is 31.2 Å². The summed E-state index contributed by atoms with van der Waals surface area (Å²) in [6.07, 6.45) is 2.83. The van der Waals surface area contributed by atoms with Gasteiger partial charge in [-0.1, -0.05) is 12.1 Å². The Kier molecular flexibility index (Phi) is 6.30. The fourth-order valence-electron chi connectivity index (χ4n) is 3.88. The Balaban J connectivity index is 1.70. The fraction of sp³-hybridized carbons (Fsp3) is 0.579. The van der Waals surface area contributed by atoms with E-state index < -0.39 is 11.7 Å². The van der Waals surface area contributed by atoms with Crippen LogP contribution in [0.2, 0.25) is 0 Å². The topological polar surface area (TPSA) is 94.1 Å². The van der Waals surface area contributed by atoms with Gasteiger partial charge in [0, 0.05) is 39.1 Å². The molecule has 27 heavy (non-hydrogen) atoms. The summed E-state index contributed by atoms with van der Waals surface area (Å²) in [5.41, 5.74) is -1.05. The zero-order valence-electron chi connectivity index (χ0n) is 15.7. The maximum absolute atomic E-state index is 12.1. The molecule has 1 amide bonds. The number of carbonyl (C=O) groups is 2. The van der Waals surface area contributed by atoms with Gasteiger partial charge in [-0.05, 0) is 38.1 Å². The number of anilines is 1. The molecule has 3 rings (SSSR count). The molecule has 2 heterocycles. The third-order valence-corrected chi connectivity index (χ3v) is 5.55. The highest BCUT2D eigenvalue weighted by atomic mass is 16.5. The van der Waals surface area contributed by atoms with Gasteiger partial charge in [0.15, 0.2) is 0 Å². The maximum atomic E-state index is 12.1. The molecule has 2 fully saturated rings. The van der Waals surface area contributed by atoms with Gasteiger partial charge >= 0.3 is 5.97 Å². The smallest absolute Gasteiger partial charge is 0.363 e. The van der Waals surface area contributed by atoms with Gasteiger partial charge in [-0.25, -0.2) is 4.79 Å². The number of para-hydroxylation sites is 2. The van der Waals surface area contributed by atoms with Crippen LogP contribution in [-0.4, -0.2) is 78.3 Å². The molecule has 2 aliphatic heterocycles. The summed E-state index contributed by atoms with van der Waals surface area (Å²) in [5.74, 6) is -0.700. The lowest BCUT2D eigenvalue weighted by Gasteiger charge is -2.45. The minimum atomic E-state index is -1.50. The quantitative estimate of drug-likeness (QED) is 0.606. The lowest BCUT2D eigenvalue weighted by molar-refractivity contribution is -0.176. The van der Waals surface area contributed by atoms with E-state index >= 15 is 0 Å². The SMILES string of the molecule is CC(Oc1ccccc1NC=O)(C(=O)O)N1CCN(C2CCNCC2)CC1. The first-order valence-corrected chi connectivity index (χ1v) is 9.46. The summed E-state index contributed by atoms with van der Waals surface area (Å²) in [5, 5.41) is 15.8. The summed E-state index contributed by atoms with van der Waals surface area (Å²) < 4.78 is 5.94. The molecule has 3 N–H and O–H groups in total. The molecule has 0 aliphatic carbocycles. The van der Waals surface area contributed by atoms with Crippen LogP contribution in [0.25, 0.3) is 0 Å². The van der Waals surface area contributed by atoms with Crippen LogP contribution in [0.15, 0.2) is 24.3 Å². The average Bonchev–Trinajstić information content (AvgIpc) is 2.70. The second-order valence-corrected chi connectivity index (χ2v) is 7.15. The molecule has 1 aromatic carbocycles. The highest BCUT2D eigenvalue weighted by Gasteiger charge is 2.44. The van der Waals surface area contributed by atoms with E-state index in [0.29, 0.717) is 37.0 Å². The van der Waals surface area contributed by atoms with Crippen molar-refractivity contribution in [3.05, 3.63) is 24.3 Å². The van der Waals surface area contributed by atoms with Crippen molar-refractivity contribution in [2.75, 3.05) is 44.6 Å². The van der Waals surface area contributed by atoms with Gasteiger partial charge in [0.25, 0.3) is 5.72 Å². The molecule has 2 aliphatic rings. The number of benzene rings is 1. The van der Waals surface area contributed by atoms with Gasteiger partial charge in [-0.3, -0.25) is 14.6 Å². The number of piperazine rings is 1. The van der Waals surface area contributed by atoms with Crippen LogP contribution in [0.5, 0.6) is 5.75 Å². The number of hydrogen-bond acceptors (Lipinski definition) is 6. The van der Waals surface area contributed by atoms with Gasteiger partial charge in [-0.2, -0.15) is 0 Å². The van der Waals surface area contributed by atoms with E-state index in [9.17, 15) is 14.7 Å². The Hall–Kier alpha value is -2.16. The van der Waals surface area contributed by atoms with Crippen molar-refractivity contribution < 1.29 is 19.4 Å². The number of carbonyl (C=O) groups excluding carboxylic acids is 1. The Morgan fingerprint density at radius 2 is 1.93 bits per heavy atom. The van der Waals surface area contributed by atoms with Crippen LogP contribution >= 0.6 is 0 Å². The molecule has 148 valence electrons. The first-order chi connectivity index (χ1) is 13.0. The van der Waals surface area contributed by atoms with Gasteiger partial charge < -0.3 is 20.5 Å². The zero-order valence-corrected chi connectivity index (χ0v) is 15.7. The summed E-state index contributed by atoms with van der Waals surface area (Å²) in [4.78, 5) is 27.2. The number of hydrogen-bond donors (Lipinski definition) is 3. The van der Waals surface area contributed by atoms with Crippen molar-refractivity contribution >= 4 is 18.1 Å². The molecule has 1 unspecified atom stereocenters. The lowest BCUT2D eigenvalue weighted by Crippen LogP contribution is -2.63. The van der Waals surface area contributed by atoms with Crippen LogP contribution in [0.1, 0.15) is 19.8 Å². The number of ether oxygens (including phenoxy) is 1. The second-order valence-electron chi connectivity index (χ2n) is 7.15. The monoisotopic (exact) mass is 376 g/mol. The molecule has 0 aromatic heterocycles. The molecular formula is C19H28N4O4. The molecule has 0 saturated carbocycles. The Morgan fingerprint density at radius 1 is 1.26 bits per heavy atom. The molecule has 1 aromatic rings. The Labute approximate surface area is 159 Å². The first kappa shape index (κ1) is 19.6. The average molecular weight is 376 g/mol. The van der Waals surface area contributed by atoms with E-state index in [2.05, 4.69) is 15.5 Å². The minimum absolute atomic E-state index is 0.343. The highest BCUT2D eigenvalue weighted by Crippen LogP contribution is 2.30. The van der Waals surface area contributed by atoms with Gasteiger partial charge in [0.05, 0.1) is 5.69 Å². The minimum Gasteiger partial charge on any atom is -0.477 e. The molecule has 0 bridgehead atoms. The Morgan fingerprint density at radius 3 is 2.56 bits per heavy atom. The summed E-state index contributed by atoms with van der Waals surface area (Å²) in [6, 6.07) is 7.43. The van der Waals surface area contributed by atoms with Crippen LogP contribution in [0.4, 0.5) is 5.69 Å². The zero-order chi connectivity index (χ0) is 19.3. The second kappa shape index (κ2) is 8.69. The normalized spacial score (nSPS) is 22.0. The molecule has 8 heteroatoms. The summed E-state index contributed by atoms with van der Waals surface area (Å²) >= 11 is 0. The summed E-state index contributed by atoms with van der Waals surface area (Å²) in [6.45, 7) is 6.55. The molecule has 8 nitrogen and oxygen atoms in total. The first-order valence-electron chi connectivity index (χ1n) is 9.46. The lowest BCUT2D eigenvalue weighted by atomic mass is 10.0. The van der Waals surface area contributed by atoms with Crippen LogP contribution in [-0.2, 0) is 9.59 Å². The largest absolute Gasteiger partial charge is 0.477 e. The number of aliphatic carboxylic acids is 1. The van der Waals surface area contributed by atoms with Gasteiger partial charge in [0.2, 0.25) is 6.41 Å². The molecule has 2 saturated heterocycles. The van der Waals surface area contributed by atoms with E-state index in [1.165, 1.54) is 0 Å². The number of nitrogens with one attached hydrogen (secondary N) is 2. The molecular weight excluding hydrogens is 348 g/mol. The van der Waals surface area contributed by atoms with Crippen LogP contribution in [0.3, 0.4) is 0 Å². The summed E-state index contributed by atoms with van der Waals surface area (Å²) in [7, 11) is 0. The highest BCUT2D eigenvalue weighted by molar-refractivity contribution is 5.79. The van der Waals surface area contributed by atoms with E-state index in [0.717, 1.165) is 39.0 Å². The standard InChI is InChI=1S/C19H28N4O4/c1-19(18(25)26,27-17-5-3-2-4-16(17)21-14-24)23-12-10-22(11-13-23)15-6-8-20-9-7-15/h2-5,14-15,20H,6-13H2,1H3,(H,21,24)(H,25,26). The van der Waals surface area contributed by atoms with Gasteiger partial charge in [0.1, 0.15) is 5.75 Å². The number of nitrogens with zero attached hydrogens (tertiary/aromatic N) is 2. The third kappa shape index (κ3) is 4.40. The van der Waals surface area contributed by atoms with Crippen molar-refractivity contribution in [1.82, 2.24) is 15.1 Å². The number of amides is 1. The maximum Gasteiger partial charge on any atom is 0.363 e. The van der Waals surface area contributed by atoms with Crippen molar-refractivity contribution in [2.24, 2.45) is 0 Å². The van der Waals surface area contributed by atoms with Gasteiger partial charge in [-0.15, -0.1) is 0 Å². The number of rotatable bonds is 7. The van der Waals surface area contributed by atoms with E-state index in [1.807, 2.05) is 4.90 Å². The molecule has 0 radical (unpaired) electrons. The van der Waals surface area contributed by atoms with Crippen molar-refractivity contribution in [3.8, 4) is 5.75 Å². The van der Waals surface area contributed by atoms with Crippen LogP contribution < -0.4 is 15.4 Å². The van der Waals surface area contributed by atoms with Crippen LogP contribution in [0, 0.1) is 0 Å². The number of carboxylic acids is 1. The van der Waals surface area contributed by atoms with Crippen molar-refractivity contribution in [1.29, 1.82) is 0 Å². The fourth-order valence-corrected chi connectivity index (χ4v) is 3.88. The molecule has 1 atom stereocenters. The van der Waals surface area contributed by atoms with E-state index in [4.69, 9.17) is 4.74 Å². The van der Waals surface area contributed by atoms with E-state index in [-0.39, 0.29) is 0 Å². The third-order valence-electron chi connectivity index (χ3n) is 5.55. The van der Waals surface area contributed by atoms with Crippen molar-refractivity contribution in [2.45, 2.75) is 31.5 Å². The predicted octanol–water partition coefficient (Wildman–Crippen LogP) is 0.804. The Bertz CT molecular complexity index is 657. The number of carboxylic acid groups (broad SMARTS) is 1. The number of piperidine rings is 1. The van der Waals surface area contributed by atoms with Crippen molar-refractivity contribution in [3.63, 3.8) is 0 Å².